The van der Waals surface area contributed by atoms with Crippen LogP contribution in [0.1, 0.15) is 11.5 Å². The van der Waals surface area contributed by atoms with Crippen molar-refractivity contribution in [1.82, 2.24) is 19.1 Å². The lowest BCUT2D eigenvalue weighted by Gasteiger charge is -2.03. The Morgan fingerprint density at radius 3 is 3.07 bits per heavy atom. The highest BCUT2D eigenvalue weighted by Crippen LogP contribution is 2.03. The lowest BCUT2D eigenvalue weighted by atomic mass is 10.4. The summed E-state index contributed by atoms with van der Waals surface area (Å²) in [5.74, 6) is 0.422. The highest BCUT2D eigenvalue weighted by atomic mass is 15.1. The molecule has 0 aliphatic carbocycles. The Bertz CT molecular complexity index is 473. The van der Waals surface area contributed by atoms with Crippen LogP contribution in [0.25, 0.3) is 0 Å². The van der Waals surface area contributed by atoms with Crippen molar-refractivity contribution in [2.45, 2.75) is 6.54 Å². The standard InChI is InChI=1S/C9H9N5/c1-13-7-11-5-8(13)6-14-3-2-12-9(14)4-10/h2-3,5,7H,6H2,1H3. The summed E-state index contributed by atoms with van der Waals surface area (Å²) in [5, 5.41) is 8.75. The minimum atomic E-state index is 0.422. The number of hydrogen-bond acceptors (Lipinski definition) is 3. The van der Waals surface area contributed by atoms with Crippen LogP contribution in [0, 0.1) is 11.3 Å². The maximum absolute atomic E-state index is 8.75. The number of nitrogens with zero attached hydrogens (tertiary/aromatic N) is 5. The molecular formula is C9H9N5. The van der Waals surface area contributed by atoms with Crippen molar-refractivity contribution in [3.05, 3.63) is 36.4 Å². The molecule has 0 spiro atoms. The molecule has 14 heavy (non-hydrogen) atoms. The number of nitriles is 1. The van der Waals surface area contributed by atoms with Gasteiger partial charge in [-0.25, -0.2) is 9.97 Å². The van der Waals surface area contributed by atoms with Crippen molar-refractivity contribution < 1.29 is 0 Å². The molecule has 2 heterocycles. The zero-order chi connectivity index (χ0) is 9.97. The number of aryl methyl sites for hydroxylation is 1. The second-order valence-corrected chi connectivity index (χ2v) is 2.99. The van der Waals surface area contributed by atoms with Crippen molar-refractivity contribution in [3.63, 3.8) is 0 Å². The van der Waals surface area contributed by atoms with E-state index >= 15 is 0 Å². The Kier molecular flexibility index (Phi) is 2.03. The molecule has 0 unspecified atom stereocenters. The first kappa shape index (κ1) is 8.51. The third kappa shape index (κ3) is 1.38. The van der Waals surface area contributed by atoms with E-state index in [1.165, 1.54) is 0 Å². The fourth-order valence-electron chi connectivity index (χ4n) is 1.26. The summed E-state index contributed by atoms with van der Waals surface area (Å²) < 4.78 is 3.71. The van der Waals surface area contributed by atoms with Gasteiger partial charge >= 0.3 is 0 Å². The van der Waals surface area contributed by atoms with Gasteiger partial charge in [-0.1, -0.05) is 0 Å². The summed E-state index contributed by atoms with van der Waals surface area (Å²) in [4.78, 5) is 7.92. The molecule has 0 N–H and O–H groups in total. The maximum atomic E-state index is 8.75. The number of hydrogen-bond donors (Lipinski definition) is 0. The maximum Gasteiger partial charge on any atom is 0.213 e. The fourth-order valence-corrected chi connectivity index (χ4v) is 1.26. The van der Waals surface area contributed by atoms with Gasteiger partial charge in [-0.05, 0) is 0 Å². The van der Waals surface area contributed by atoms with E-state index in [1.807, 2.05) is 17.7 Å². The molecule has 5 heteroatoms. The van der Waals surface area contributed by atoms with Crippen molar-refractivity contribution in [2.75, 3.05) is 0 Å². The van der Waals surface area contributed by atoms with E-state index in [-0.39, 0.29) is 0 Å². The smallest absolute Gasteiger partial charge is 0.213 e. The molecule has 70 valence electrons. The summed E-state index contributed by atoms with van der Waals surface area (Å²) in [6.07, 6.45) is 6.92. The van der Waals surface area contributed by atoms with E-state index in [4.69, 9.17) is 5.26 Å². The highest BCUT2D eigenvalue weighted by Gasteiger charge is 2.03. The van der Waals surface area contributed by atoms with Crippen LogP contribution in [0.2, 0.25) is 0 Å². The topological polar surface area (TPSA) is 59.4 Å². The van der Waals surface area contributed by atoms with E-state index in [0.717, 1.165) is 5.69 Å². The van der Waals surface area contributed by atoms with Gasteiger partial charge in [0.1, 0.15) is 6.07 Å². The molecule has 5 nitrogen and oxygen atoms in total. The van der Waals surface area contributed by atoms with Crippen LogP contribution in [-0.4, -0.2) is 19.1 Å². The van der Waals surface area contributed by atoms with Gasteiger partial charge in [0.05, 0.1) is 18.6 Å². The normalized spacial score (nSPS) is 10.0. The van der Waals surface area contributed by atoms with Gasteiger partial charge in [0.2, 0.25) is 5.82 Å². The van der Waals surface area contributed by atoms with Gasteiger partial charge in [0, 0.05) is 25.6 Å². The monoisotopic (exact) mass is 187 g/mol. The van der Waals surface area contributed by atoms with Crippen molar-refractivity contribution in [2.24, 2.45) is 7.05 Å². The molecule has 0 bridgehead atoms. The third-order valence-electron chi connectivity index (χ3n) is 2.06. The molecule has 0 saturated carbocycles. The van der Waals surface area contributed by atoms with Gasteiger partial charge in [0.15, 0.2) is 0 Å². The molecule has 0 atom stereocenters. The molecule has 0 amide bonds. The van der Waals surface area contributed by atoms with Crippen molar-refractivity contribution >= 4 is 0 Å². The van der Waals surface area contributed by atoms with E-state index in [1.54, 1.807) is 29.5 Å². The number of aromatic nitrogens is 4. The Morgan fingerprint density at radius 1 is 1.57 bits per heavy atom. The first-order valence-electron chi connectivity index (χ1n) is 4.17. The van der Waals surface area contributed by atoms with Crippen LogP contribution in [0.5, 0.6) is 0 Å². The van der Waals surface area contributed by atoms with E-state index in [2.05, 4.69) is 9.97 Å². The average molecular weight is 187 g/mol. The lowest BCUT2D eigenvalue weighted by molar-refractivity contribution is 0.714. The van der Waals surface area contributed by atoms with Crippen molar-refractivity contribution in [3.8, 4) is 6.07 Å². The van der Waals surface area contributed by atoms with Gasteiger partial charge in [-0.3, -0.25) is 0 Å². The second-order valence-electron chi connectivity index (χ2n) is 2.99. The number of imidazole rings is 2. The number of rotatable bonds is 2. The Morgan fingerprint density at radius 2 is 2.43 bits per heavy atom. The van der Waals surface area contributed by atoms with Crippen LogP contribution in [0.3, 0.4) is 0 Å². The predicted octanol–water partition coefficient (Wildman–Crippen LogP) is 0.537. The highest BCUT2D eigenvalue weighted by molar-refractivity contribution is 5.13. The van der Waals surface area contributed by atoms with Crippen LogP contribution in [0.4, 0.5) is 0 Å². The summed E-state index contributed by atoms with van der Waals surface area (Å²) in [7, 11) is 1.92. The average Bonchev–Trinajstić information content (AvgIpc) is 2.77. The van der Waals surface area contributed by atoms with E-state index in [9.17, 15) is 0 Å². The van der Waals surface area contributed by atoms with E-state index in [0.29, 0.717) is 12.4 Å². The van der Waals surface area contributed by atoms with Gasteiger partial charge in [-0.15, -0.1) is 0 Å². The molecule has 2 aromatic rings. The summed E-state index contributed by atoms with van der Waals surface area (Å²) in [6.45, 7) is 0.624. The quantitative estimate of drug-likeness (QED) is 0.689. The molecule has 0 aromatic carbocycles. The van der Waals surface area contributed by atoms with Crippen LogP contribution >= 0.6 is 0 Å². The zero-order valence-electron chi connectivity index (χ0n) is 7.75. The molecule has 2 aromatic heterocycles. The van der Waals surface area contributed by atoms with Gasteiger partial charge < -0.3 is 9.13 Å². The fraction of sp³-hybridized carbons (Fsp3) is 0.222. The summed E-state index contributed by atoms with van der Waals surface area (Å²) >= 11 is 0. The molecule has 0 aliphatic heterocycles. The third-order valence-corrected chi connectivity index (χ3v) is 2.06. The van der Waals surface area contributed by atoms with Crippen LogP contribution < -0.4 is 0 Å². The Labute approximate surface area is 81.3 Å². The van der Waals surface area contributed by atoms with Crippen LogP contribution in [0.15, 0.2) is 24.9 Å². The first-order chi connectivity index (χ1) is 6.81. The van der Waals surface area contributed by atoms with E-state index < -0.39 is 0 Å². The Hall–Kier alpha value is -2.09. The molecule has 0 saturated heterocycles. The predicted molar refractivity (Wildman–Crippen MR) is 49.3 cm³/mol. The molecule has 0 aliphatic rings. The second kappa shape index (κ2) is 3.34. The minimum Gasteiger partial charge on any atom is -0.336 e. The largest absolute Gasteiger partial charge is 0.336 e. The zero-order valence-corrected chi connectivity index (χ0v) is 7.75. The summed E-state index contributed by atoms with van der Waals surface area (Å²) in [5.41, 5.74) is 1.04. The first-order valence-corrected chi connectivity index (χ1v) is 4.17. The molecule has 0 fully saturated rings. The van der Waals surface area contributed by atoms with Crippen molar-refractivity contribution in [1.29, 1.82) is 5.26 Å². The Balaban J connectivity index is 2.28. The molecular weight excluding hydrogens is 178 g/mol. The minimum absolute atomic E-state index is 0.422. The van der Waals surface area contributed by atoms with Crippen LogP contribution in [-0.2, 0) is 13.6 Å². The molecule has 0 radical (unpaired) electrons. The van der Waals surface area contributed by atoms with Gasteiger partial charge in [-0.2, -0.15) is 5.26 Å². The lowest BCUT2D eigenvalue weighted by Crippen LogP contribution is -2.05. The van der Waals surface area contributed by atoms with Gasteiger partial charge in [0.25, 0.3) is 0 Å². The SMILES string of the molecule is Cn1cncc1Cn1ccnc1C#N. The molecule has 2 rings (SSSR count). The summed E-state index contributed by atoms with van der Waals surface area (Å²) in [6, 6.07) is 2.03.